The standard InChI is InChI=1S/C15H14O6/c1-3-20-14(18)11-12(17)15(19)21-13(11)10-6-4-9(5-7-10)8(2)16/h4-7,13,17H,3H2,1-2H3. The lowest BCUT2D eigenvalue weighted by atomic mass is 10.00. The molecule has 0 saturated carbocycles. The summed E-state index contributed by atoms with van der Waals surface area (Å²) in [5.41, 5.74) is 0.742. The predicted molar refractivity (Wildman–Crippen MR) is 71.6 cm³/mol. The number of rotatable bonds is 4. The van der Waals surface area contributed by atoms with Crippen molar-refractivity contribution in [2.45, 2.75) is 20.0 Å². The van der Waals surface area contributed by atoms with Gasteiger partial charge in [0.05, 0.1) is 6.61 Å². The van der Waals surface area contributed by atoms with Gasteiger partial charge in [0.25, 0.3) is 0 Å². The maximum absolute atomic E-state index is 11.8. The Kier molecular flexibility index (Phi) is 4.07. The smallest absolute Gasteiger partial charge is 0.375 e. The van der Waals surface area contributed by atoms with Crippen LogP contribution in [0.5, 0.6) is 0 Å². The molecule has 0 saturated heterocycles. The van der Waals surface area contributed by atoms with Gasteiger partial charge in [-0.15, -0.1) is 0 Å². The van der Waals surface area contributed by atoms with E-state index in [0.717, 1.165) is 0 Å². The fourth-order valence-corrected chi connectivity index (χ4v) is 2.00. The number of Topliss-reactive ketones (excluding diaryl/α,β-unsaturated/α-hetero) is 1. The van der Waals surface area contributed by atoms with E-state index in [1.165, 1.54) is 6.92 Å². The van der Waals surface area contributed by atoms with Gasteiger partial charge in [0, 0.05) is 5.56 Å². The zero-order valence-corrected chi connectivity index (χ0v) is 11.6. The monoisotopic (exact) mass is 290 g/mol. The average Bonchev–Trinajstić information content (AvgIpc) is 2.75. The third-order valence-electron chi connectivity index (χ3n) is 3.05. The van der Waals surface area contributed by atoms with Gasteiger partial charge in [0.2, 0.25) is 5.76 Å². The molecule has 0 aliphatic carbocycles. The second-order valence-corrected chi connectivity index (χ2v) is 4.45. The summed E-state index contributed by atoms with van der Waals surface area (Å²) >= 11 is 0. The Morgan fingerprint density at radius 1 is 1.29 bits per heavy atom. The maximum Gasteiger partial charge on any atom is 0.375 e. The van der Waals surface area contributed by atoms with Gasteiger partial charge in [-0.1, -0.05) is 24.3 Å². The Hall–Kier alpha value is -2.63. The number of carbonyl (C=O) groups is 3. The fourth-order valence-electron chi connectivity index (χ4n) is 2.00. The van der Waals surface area contributed by atoms with E-state index in [1.807, 2.05) is 0 Å². The molecule has 1 aliphatic heterocycles. The van der Waals surface area contributed by atoms with Crippen LogP contribution in [0.4, 0.5) is 0 Å². The molecule has 1 atom stereocenters. The van der Waals surface area contributed by atoms with Gasteiger partial charge < -0.3 is 14.6 Å². The quantitative estimate of drug-likeness (QED) is 0.672. The largest absolute Gasteiger partial charge is 0.501 e. The molecule has 21 heavy (non-hydrogen) atoms. The number of hydrogen-bond acceptors (Lipinski definition) is 6. The minimum Gasteiger partial charge on any atom is -0.501 e. The van der Waals surface area contributed by atoms with Crippen molar-refractivity contribution >= 4 is 17.7 Å². The average molecular weight is 290 g/mol. The van der Waals surface area contributed by atoms with E-state index in [4.69, 9.17) is 9.47 Å². The van der Waals surface area contributed by atoms with Gasteiger partial charge in [-0.25, -0.2) is 9.59 Å². The molecule has 0 spiro atoms. The Labute approximate surface area is 121 Å². The third kappa shape index (κ3) is 2.79. The molecule has 2 rings (SSSR count). The number of carbonyl (C=O) groups excluding carboxylic acids is 3. The molecule has 1 N–H and O–H groups in total. The lowest BCUT2D eigenvalue weighted by Gasteiger charge is -2.13. The first-order valence-corrected chi connectivity index (χ1v) is 6.37. The molecule has 0 fully saturated rings. The van der Waals surface area contributed by atoms with Gasteiger partial charge in [-0.3, -0.25) is 4.79 Å². The Morgan fingerprint density at radius 2 is 1.90 bits per heavy atom. The van der Waals surface area contributed by atoms with Gasteiger partial charge in [0.1, 0.15) is 5.57 Å². The molecule has 1 aliphatic rings. The molecule has 110 valence electrons. The van der Waals surface area contributed by atoms with Crippen molar-refractivity contribution in [3.8, 4) is 0 Å². The summed E-state index contributed by atoms with van der Waals surface area (Å²) in [5.74, 6) is -2.62. The molecule has 0 aromatic heterocycles. The van der Waals surface area contributed by atoms with Crippen LogP contribution in [0.2, 0.25) is 0 Å². The van der Waals surface area contributed by atoms with Crippen molar-refractivity contribution < 1.29 is 29.0 Å². The summed E-state index contributed by atoms with van der Waals surface area (Å²) in [4.78, 5) is 34.5. The van der Waals surface area contributed by atoms with Crippen LogP contribution in [0.3, 0.4) is 0 Å². The van der Waals surface area contributed by atoms with E-state index in [1.54, 1.807) is 31.2 Å². The summed E-state index contributed by atoms with van der Waals surface area (Å²) in [6, 6.07) is 6.24. The van der Waals surface area contributed by atoms with E-state index in [-0.39, 0.29) is 18.0 Å². The lowest BCUT2D eigenvalue weighted by molar-refractivity contribution is -0.143. The Bertz CT molecular complexity index is 626. The van der Waals surface area contributed by atoms with Crippen LogP contribution < -0.4 is 0 Å². The molecule has 0 radical (unpaired) electrons. The number of cyclic esters (lactones) is 1. The molecule has 0 amide bonds. The van der Waals surface area contributed by atoms with Crippen LogP contribution in [0, 0.1) is 0 Å². The van der Waals surface area contributed by atoms with E-state index >= 15 is 0 Å². The highest BCUT2D eigenvalue weighted by Crippen LogP contribution is 2.35. The van der Waals surface area contributed by atoms with E-state index in [2.05, 4.69) is 0 Å². The molecular formula is C15H14O6. The summed E-state index contributed by atoms with van der Waals surface area (Å²) in [6.45, 7) is 3.16. The highest BCUT2D eigenvalue weighted by molar-refractivity contribution is 6.03. The first-order valence-electron chi connectivity index (χ1n) is 6.37. The van der Waals surface area contributed by atoms with E-state index in [0.29, 0.717) is 11.1 Å². The molecule has 1 heterocycles. The van der Waals surface area contributed by atoms with Gasteiger partial charge in [0.15, 0.2) is 11.9 Å². The normalized spacial score (nSPS) is 17.6. The molecule has 1 aromatic carbocycles. The topological polar surface area (TPSA) is 89.9 Å². The predicted octanol–water partition coefficient (Wildman–Crippen LogP) is 1.86. The molecule has 1 unspecified atom stereocenters. The number of ether oxygens (including phenoxy) is 2. The van der Waals surface area contributed by atoms with Gasteiger partial charge in [-0.2, -0.15) is 0 Å². The second kappa shape index (κ2) is 5.78. The van der Waals surface area contributed by atoms with Crippen LogP contribution in [0.25, 0.3) is 0 Å². The first-order chi connectivity index (χ1) is 9.95. The summed E-state index contributed by atoms with van der Waals surface area (Å²) in [5, 5.41) is 9.68. The minimum absolute atomic E-state index is 0.103. The molecule has 6 nitrogen and oxygen atoms in total. The number of ketones is 1. The van der Waals surface area contributed by atoms with E-state index in [9.17, 15) is 19.5 Å². The summed E-state index contributed by atoms with van der Waals surface area (Å²) in [7, 11) is 0. The number of esters is 2. The minimum atomic E-state index is -1.03. The maximum atomic E-state index is 11.8. The van der Waals surface area contributed by atoms with Crippen LogP contribution in [0.1, 0.15) is 35.9 Å². The van der Waals surface area contributed by atoms with Crippen molar-refractivity contribution in [2.75, 3.05) is 6.61 Å². The van der Waals surface area contributed by atoms with Gasteiger partial charge in [-0.05, 0) is 19.4 Å². The number of aliphatic hydroxyl groups is 1. The number of aliphatic hydroxyl groups excluding tert-OH is 1. The SMILES string of the molecule is CCOC(=O)C1=C(O)C(=O)OC1c1ccc(C(C)=O)cc1. The molecule has 6 heteroatoms. The van der Waals surface area contributed by atoms with E-state index < -0.39 is 23.8 Å². The summed E-state index contributed by atoms with van der Waals surface area (Å²) < 4.78 is 9.81. The number of benzene rings is 1. The zero-order chi connectivity index (χ0) is 15.6. The van der Waals surface area contributed by atoms with Crippen molar-refractivity contribution in [2.24, 2.45) is 0 Å². The Morgan fingerprint density at radius 3 is 2.43 bits per heavy atom. The van der Waals surface area contributed by atoms with Crippen LogP contribution in [0.15, 0.2) is 35.6 Å². The van der Waals surface area contributed by atoms with Crippen LogP contribution >= 0.6 is 0 Å². The number of hydrogen-bond donors (Lipinski definition) is 1. The molecule has 1 aromatic rings. The molecular weight excluding hydrogens is 276 g/mol. The highest BCUT2D eigenvalue weighted by Gasteiger charge is 2.40. The zero-order valence-electron chi connectivity index (χ0n) is 11.6. The molecule has 0 bridgehead atoms. The first kappa shape index (κ1) is 14.8. The fraction of sp³-hybridized carbons (Fsp3) is 0.267. The van der Waals surface area contributed by atoms with Crippen LogP contribution in [-0.2, 0) is 19.1 Å². The van der Waals surface area contributed by atoms with Gasteiger partial charge >= 0.3 is 11.9 Å². The second-order valence-electron chi connectivity index (χ2n) is 4.45. The van der Waals surface area contributed by atoms with Crippen molar-refractivity contribution in [1.82, 2.24) is 0 Å². The third-order valence-corrected chi connectivity index (χ3v) is 3.05. The highest BCUT2D eigenvalue weighted by atomic mass is 16.6. The van der Waals surface area contributed by atoms with Crippen molar-refractivity contribution in [1.29, 1.82) is 0 Å². The van der Waals surface area contributed by atoms with Crippen molar-refractivity contribution in [3.05, 3.63) is 46.7 Å². The summed E-state index contributed by atoms with van der Waals surface area (Å²) in [6.07, 6.45) is -1.03. The Balaban J connectivity index is 2.36. The van der Waals surface area contributed by atoms with Crippen molar-refractivity contribution in [3.63, 3.8) is 0 Å². The lowest BCUT2D eigenvalue weighted by Crippen LogP contribution is -2.14. The van der Waals surface area contributed by atoms with Crippen LogP contribution in [-0.4, -0.2) is 29.4 Å².